The molecule has 29 heteroatoms. The minimum Gasteiger partial charge on any atom is -0.504 e. The average Bonchev–Trinajstić information content (AvgIpc) is 4.16. The molecule has 1 aromatic heterocycles. The fourth-order valence-corrected chi connectivity index (χ4v) is 7.39. The number of carbonyl (C=O) groups is 2. The number of phenolic OH excluding ortho intramolecular Hbond substituents is 3. The number of halogens is 9. The first kappa shape index (κ1) is 73.8. The molecule has 0 saturated carbocycles. The van der Waals surface area contributed by atoms with Crippen LogP contribution in [0, 0.1) is 0 Å². The molecule has 89 heavy (non-hydrogen) atoms. The van der Waals surface area contributed by atoms with Gasteiger partial charge in [0, 0.05) is 91.2 Å². The van der Waals surface area contributed by atoms with Crippen molar-refractivity contribution in [2.75, 3.05) is 42.7 Å². The van der Waals surface area contributed by atoms with E-state index < -0.39 is 59.6 Å². The SMILES string of the molecule is COc1ccc(CN)c(OC)c1.COc1ccc(CNCc2cccc(OC(F)(F)F)c2O)c(OC)c1.COc1ccc(CNCc2cccc(OC(F)(F)F)c2O)c(OC)c1.Cn1nc(C(C)(C)C)cc1C(=O)O.O=Cc1cccc(OC(F)(F)F)c1O. The van der Waals surface area contributed by atoms with Gasteiger partial charge in [0.15, 0.2) is 40.8 Å². The van der Waals surface area contributed by atoms with Crippen molar-refractivity contribution in [3.63, 3.8) is 0 Å². The summed E-state index contributed by atoms with van der Waals surface area (Å²) in [5.74, 6) is -0.819. The van der Waals surface area contributed by atoms with E-state index in [1.54, 1.807) is 65.8 Å². The minimum absolute atomic E-state index is 0.106. The number of nitrogens with two attached hydrogens (primary N) is 1. The van der Waals surface area contributed by atoms with E-state index in [1.165, 1.54) is 55.3 Å². The maximum atomic E-state index is 12.3. The summed E-state index contributed by atoms with van der Waals surface area (Å²) in [4.78, 5) is 20.9. The lowest BCUT2D eigenvalue weighted by Gasteiger charge is -2.14. The minimum atomic E-state index is -4.89. The fourth-order valence-electron chi connectivity index (χ4n) is 7.39. The van der Waals surface area contributed by atoms with Crippen LogP contribution in [0.15, 0.2) is 115 Å². The number of hydrogen-bond acceptors (Lipinski definition) is 18. The van der Waals surface area contributed by atoms with E-state index in [9.17, 15) is 59.3 Å². The van der Waals surface area contributed by atoms with Crippen molar-refractivity contribution >= 4 is 12.3 Å². The van der Waals surface area contributed by atoms with Crippen LogP contribution in [0.3, 0.4) is 0 Å². The number of nitrogens with zero attached hydrogens (tertiary/aromatic N) is 2. The molecule has 0 amide bonds. The fraction of sp³-hybridized carbons (Fsp3) is 0.317. The number of methoxy groups -OCH3 is 6. The van der Waals surface area contributed by atoms with Gasteiger partial charge < -0.3 is 79.4 Å². The number of ether oxygens (including phenoxy) is 9. The standard InChI is InChI=1S/2C17H18F3NO4.C9H14N2O2.C9H13NO2.C8H5F3O3/c2*1-23-13-7-6-11(15(8-13)24-2)9-21-10-12-4-3-5-14(16(12)22)25-17(18,19)20;1-9(2,3)7-5-6(8(12)13)11(4)10-7;1-11-8-4-3-7(6-10)9(5-8)12-2;9-8(10,11)14-6-3-1-2-5(4-12)7(6)13/h2*3-8,21-22H,9-10H2,1-2H3;5H,1-4H3,(H,12,13);3-5H,6,10H2,1-2H3;1-4,13H. The van der Waals surface area contributed by atoms with Crippen molar-refractivity contribution in [2.45, 2.75) is 78.0 Å². The van der Waals surface area contributed by atoms with Crippen LogP contribution in [0.4, 0.5) is 39.5 Å². The maximum absolute atomic E-state index is 12.3. The van der Waals surface area contributed by atoms with Gasteiger partial charge in [-0.05, 0) is 48.5 Å². The maximum Gasteiger partial charge on any atom is 0.573 e. The van der Waals surface area contributed by atoms with Crippen LogP contribution in [0.1, 0.15) is 75.1 Å². The lowest BCUT2D eigenvalue weighted by molar-refractivity contribution is -0.276. The number of para-hydroxylation sites is 3. The van der Waals surface area contributed by atoms with Crippen LogP contribution in [0.5, 0.6) is 69.0 Å². The molecule has 0 spiro atoms. The molecule has 0 unspecified atom stereocenters. The van der Waals surface area contributed by atoms with Gasteiger partial charge in [0.2, 0.25) is 0 Å². The van der Waals surface area contributed by atoms with Gasteiger partial charge in [0.25, 0.3) is 0 Å². The first-order valence-electron chi connectivity index (χ1n) is 25.9. The number of rotatable bonds is 20. The molecule has 0 fully saturated rings. The molecule has 8 N–H and O–H groups in total. The van der Waals surface area contributed by atoms with Crippen molar-refractivity contribution in [3.8, 4) is 69.0 Å². The summed E-state index contributed by atoms with van der Waals surface area (Å²) in [5.41, 5.74) is 9.39. The second-order valence-electron chi connectivity index (χ2n) is 19.0. The second-order valence-corrected chi connectivity index (χ2v) is 19.0. The molecule has 1 heterocycles. The Hall–Kier alpha value is -9.48. The van der Waals surface area contributed by atoms with E-state index in [2.05, 4.69) is 29.9 Å². The number of nitrogens with one attached hydrogen (secondary N) is 2. The molecule has 6 aromatic carbocycles. The van der Waals surface area contributed by atoms with Crippen LogP contribution in [0.25, 0.3) is 0 Å². The summed E-state index contributed by atoms with van der Waals surface area (Å²) in [6.45, 7) is 7.55. The molecule has 0 bridgehead atoms. The number of carboxylic acids is 1. The van der Waals surface area contributed by atoms with Gasteiger partial charge in [0.05, 0.1) is 53.9 Å². The van der Waals surface area contributed by atoms with Crippen LogP contribution >= 0.6 is 0 Å². The highest BCUT2D eigenvalue weighted by atomic mass is 19.4. The lowest BCUT2D eigenvalue weighted by atomic mass is 9.92. The zero-order valence-corrected chi connectivity index (χ0v) is 49.7. The number of carboxylic acid groups (broad SMARTS) is 1. The highest BCUT2D eigenvalue weighted by Crippen LogP contribution is 2.37. The van der Waals surface area contributed by atoms with E-state index in [4.69, 9.17) is 44.4 Å². The van der Waals surface area contributed by atoms with Gasteiger partial charge in [-0.15, -0.1) is 39.5 Å². The zero-order chi connectivity index (χ0) is 66.9. The monoisotopic (exact) mass is 1270 g/mol. The normalized spacial score (nSPS) is 11.1. The van der Waals surface area contributed by atoms with E-state index in [-0.39, 0.29) is 47.2 Å². The van der Waals surface area contributed by atoms with Crippen molar-refractivity contribution in [3.05, 3.63) is 160 Å². The average molecular weight is 1270 g/mol. The molecule has 7 rings (SSSR count). The summed E-state index contributed by atoms with van der Waals surface area (Å²) >= 11 is 0. The highest BCUT2D eigenvalue weighted by Gasteiger charge is 2.34. The van der Waals surface area contributed by atoms with Crippen molar-refractivity contribution < 1.29 is 112 Å². The van der Waals surface area contributed by atoms with E-state index in [1.807, 2.05) is 51.1 Å². The Labute approximate surface area is 506 Å². The van der Waals surface area contributed by atoms with Crippen LogP contribution in [0.2, 0.25) is 0 Å². The number of aromatic carboxylic acids is 1. The molecular weight excluding hydrogens is 1200 g/mol. The molecular formula is C60H68F9N5O15. The summed E-state index contributed by atoms with van der Waals surface area (Å²) < 4.78 is 152. The Morgan fingerprint density at radius 2 is 0.854 bits per heavy atom. The third kappa shape index (κ3) is 24.7. The first-order chi connectivity index (χ1) is 41.7. The Balaban J connectivity index is 0.000000302. The molecule has 7 aromatic rings. The summed E-state index contributed by atoms with van der Waals surface area (Å²) in [7, 11) is 11.0. The topological polar surface area (TPSA) is 266 Å². The molecule has 0 saturated heterocycles. The largest absolute Gasteiger partial charge is 0.573 e. The molecule has 0 radical (unpaired) electrons. The quantitative estimate of drug-likeness (QED) is 0.0276. The Morgan fingerprint density at radius 1 is 0.506 bits per heavy atom. The number of alkyl halides is 9. The molecule has 486 valence electrons. The molecule has 0 aliphatic heterocycles. The number of aryl methyl sites for hydroxylation is 1. The summed E-state index contributed by atoms with van der Waals surface area (Å²) in [6, 6.07) is 29.0. The van der Waals surface area contributed by atoms with Gasteiger partial charge in [-0.1, -0.05) is 69.3 Å². The van der Waals surface area contributed by atoms with Crippen LogP contribution < -0.4 is 59.0 Å². The first-order valence-corrected chi connectivity index (χ1v) is 25.9. The molecule has 20 nitrogen and oxygen atoms in total. The Bertz CT molecular complexity index is 3250. The van der Waals surface area contributed by atoms with Gasteiger partial charge in [-0.25, -0.2) is 4.79 Å². The number of aldehydes is 1. The zero-order valence-electron chi connectivity index (χ0n) is 49.7. The smallest absolute Gasteiger partial charge is 0.504 e. The van der Waals surface area contributed by atoms with Gasteiger partial charge >= 0.3 is 25.1 Å². The third-order valence-electron chi connectivity index (χ3n) is 11.8. The van der Waals surface area contributed by atoms with Crippen molar-refractivity contribution in [1.82, 2.24) is 20.4 Å². The van der Waals surface area contributed by atoms with E-state index in [0.717, 1.165) is 52.1 Å². The summed E-state index contributed by atoms with van der Waals surface area (Å²) in [5, 5.41) is 47.9. The van der Waals surface area contributed by atoms with Gasteiger partial charge in [0.1, 0.15) is 40.2 Å². The number of aromatic nitrogens is 2. The van der Waals surface area contributed by atoms with Crippen molar-refractivity contribution in [2.24, 2.45) is 12.8 Å². The van der Waals surface area contributed by atoms with Crippen molar-refractivity contribution in [1.29, 1.82) is 0 Å². The van der Waals surface area contributed by atoms with Crippen LogP contribution in [-0.4, -0.2) is 104 Å². The predicted octanol–water partition coefficient (Wildman–Crippen LogP) is 11.9. The predicted molar refractivity (Wildman–Crippen MR) is 306 cm³/mol. The van der Waals surface area contributed by atoms with E-state index in [0.29, 0.717) is 42.6 Å². The van der Waals surface area contributed by atoms with Gasteiger partial charge in [-0.3, -0.25) is 9.48 Å². The number of carbonyl (C=O) groups excluding carboxylic acids is 1. The third-order valence-corrected chi connectivity index (χ3v) is 11.8. The summed E-state index contributed by atoms with van der Waals surface area (Å²) in [6.07, 6.45) is -14.4. The Kier molecular flexibility index (Phi) is 28.3. The number of aromatic hydroxyl groups is 3. The van der Waals surface area contributed by atoms with Gasteiger partial charge in [-0.2, -0.15) is 5.10 Å². The lowest BCUT2D eigenvalue weighted by Crippen LogP contribution is -2.18. The highest BCUT2D eigenvalue weighted by molar-refractivity contribution is 5.85. The van der Waals surface area contributed by atoms with E-state index >= 15 is 0 Å². The second kappa shape index (κ2) is 34.2. The Morgan fingerprint density at radius 3 is 1.16 bits per heavy atom. The number of hydrogen-bond donors (Lipinski definition) is 7. The molecule has 0 aliphatic rings. The number of phenols is 3. The molecule has 0 aliphatic carbocycles. The van der Waals surface area contributed by atoms with Crippen LogP contribution in [-0.2, 0) is 45.2 Å². The molecule has 0 atom stereocenters. The number of benzene rings is 6.